The molecule has 0 bridgehead atoms. The molecule has 0 atom stereocenters. The molecular formula is C5H2F3NO3. The van der Waals surface area contributed by atoms with Gasteiger partial charge >= 0.3 is 18.0 Å². The van der Waals surface area contributed by atoms with Crippen LogP contribution in [0, 0.1) is 0 Å². The SMILES string of the molecule is O=C(O)c1nc(C(F)(F)F)co1. The van der Waals surface area contributed by atoms with Crippen LogP contribution in [-0.2, 0) is 6.18 Å². The van der Waals surface area contributed by atoms with E-state index in [2.05, 4.69) is 9.40 Å². The lowest BCUT2D eigenvalue weighted by Crippen LogP contribution is -2.06. The minimum absolute atomic E-state index is 0.253. The van der Waals surface area contributed by atoms with Gasteiger partial charge in [0, 0.05) is 0 Å². The van der Waals surface area contributed by atoms with E-state index >= 15 is 0 Å². The van der Waals surface area contributed by atoms with Crippen LogP contribution in [-0.4, -0.2) is 16.1 Å². The lowest BCUT2D eigenvalue weighted by molar-refractivity contribution is -0.141. The van der Waals surface area contributed by atoms with Crippen LogP contribution in [0.25, 0.3) is 0 Å². The van der Waals surface area contributed by atoms with E-state index in [0.717, 1.165) is 0 Å². The molecule has 7 heteroatoms. The number of carboxylic acid groups (broad SMARTS) is 1. The van der Waals surface area contributed by atoms with Crippen LogP contribution < -0.4 is 0 Å². The standard InChI is InChI=1S/C5H2F3NO3/c6-5(7,8)2-1-12-3(9-2)4(10)11/h1H,(H,10,11). The molecule has 0 aliphatic rings. The molecule has 0 unspecified atom stereocenters. The summed E-state index contributed by atoms with van der Waals surface area (Å²) in [7, 11) is 0. The highest BCUT2D eigenvalue weighted by atomic mass is 19.4. The second-order valence-corrected chi connectivity index (χ2v) is 1.84. The molecule has 0 radical (unpaired) electrons. The number of halogens is 3. The van der Waals surface area contributed by atoms with E-state index in [1.165, 1.54) is 0 Å². The monoisotopic (exact) mass is 181 g/mol. The zero-order valence-electron chi connectivity index (χ0n) is 5.42. The number of hydrogen-bond donors (Lipinski definition) is 1. The van der Waals surface area contributed by atoms with Gasteiger partial charge in [0.1, 0.15) is 6.26 Å². The number of rotatable bonds is 1. The van der Waals surface area contributed by atoms with Gasteiger partial charge in [0.05, 0.1) is 0 Å². The maximum absolute atomic E-state index is 11.7. The summed E-state index contributed by atoms with van der Waals surface area (Å²) in [4.78, 5) is 12.7. The Balaban J connectivity index is 3.00. The normalized spacial score (nSPS) is 11.6. The maximum Gasteiger partial charge on any atom is 0.436 e. The summed E-state index contributed by atoms with van der Waals surface area (Å²) in [6.07, 6.45) is -4.42. The van der Waals surface area contributed by atoms with Crippen LogP contribution in [0.1, 0.15) is 16.4 Å². The Hall–Kier alpha value is -1.53. The molecule has 1 rings (SSSR count). The zero-order chi connectivity index (χ0) is 9.35. The Kier molecular flexibility index (Phi) is 1.79. The maximum atomic E-state index is 11.7. The van der Waals surface area contributed by atoms with Crippen LogP contribution in [0.4, 0.5) is 13.2 Å². The first-order chi connectivity index (χ1) is 5.41. The quantitative estimate of drug-likeness (QED) is 0.710. The Morgan fingerprint density at radius 3 is 2.42 bits per heavy atom. The lowest BCUT2D eigenvalue weighted by atomic mass is 10.5. The highest BCUT2D eigenvalue weighted by Crippen LogP contribution is 2.27. The van der Waals surface area contributed by atoms with Gasteiger partial charge in [-0.05, 0) is 0 Å². The van der Waals surface area contributed by atoms with Crippen molar-refractivity contribution in [1.29, 1.82) is 0 Å². The van der Waals surface area contributed by atoms with Crippen molar-refractivity contribution in [3.8, 4) is 0 Å². The van der Waals surface area contributed by atoms with Crippen LogP contribution in [0.2, 0.25) is 0 Å². The number of carboxylic acids is 1. The Morgan fingerprint density at radius 2 is 2.17 bits per heavy atom. The summed E-state index contributed by atoms with van der Waals surface area (Å²) >= 11 is 0. The average Bonchev–Trinajstić information content (AvgIpc) is 2.30. The van der Waals surface area contributed by atoms with Crippen LogP contribution >= 0.6 is 0 Å². The third-order valence-electron chi connectivity index (χ3n) is 0.978. The number of nitrogens with zero attached hydrogens (tertiary/aromatic N) is 1. The summed E-state index contributed by atoms with van der Waals surface area (Å²) in [6.45, 7) is 0. The lowest BCUT2D eigenvalue weighted by Gasteiger charge is -1.97. The van der Waals surface area contributed by atoms with Crippen molar-refractivity contribution in [2.45, 2.75) is 6.18 Å². The first-order valence-corrected chi connectivity index (χ1v) is 2.67. The topological polar surface area (TPSA) is 63.3 Å². The second-order valence-electron chi connectivity index (χ2n) is 1.84. The third kappa shape index (κ3) is 1.55. The number of oxazole rings is 1. The molecule has 12 heavy (non-hydrogen) atoms. The van der Waals surface area contributed by atoms with Gasteiger partial charge in [-0.3, -0.25) is 0 Å². The fourth-order valence-corrected chi connectivity index (χ4v) is 0.502. The molecule has 0 saturated carbocycles. The van der Waals surface area contributed by atoms with Gasteiger partial charge in [0.25, 0.3) is 0 Å². The Bertz CT molecular complexity index is 303. The molecule has 0 fully saturated rings. The Labute approximate surface area is 63.6 Å². The van der Waals surface area contributed by atoms with Crippen molar-refractivity contribution in [2.75, 3.05) is 0 Å². The predicted molar refractivity (Wildman–Crippen MR) is 28.5 cm³/mol. The molecule has 1 aromatic heterocycles. The van der Waals surface area contributed by atoms with E-state index in [4.69, 9.17) is 5.11 Å². The molecule has 0 aliphatic carbocycles. The van der Waals surface area contributed by atoms with Gasteiger partial charge < -0.3 is 9.52 Å². The molecule has 66 valence electrons. The van der Waals surface area contributed by atoms with E-state index in [1.807, 2.05) is 0 Å². The zero-order valence-corrected chi connectivity index (χ0v) is 5.42. The second kappa shape index (κ2) is 2.50. The van der Waals surface area contributed by atoms with Gasteiger partial charge in [0.15, 0.2) is 5.69 Å². The number of alkyl halides is 3. The molecule has 0 aromatic carbocycles. The summed E-state index contributed by atoms with van der Waals surface area (Å²) in [5.74, 6) is -2.60. The van der Waals surface area contributed by atoms with E-state index in [9.17, 15) is 18.0 Å². The summed E-state index contributed by atoms with van der Waals surface area (Å²) in [6, 6.07) is 0. The van der Waals surface area contributed by atoms with Crippen LogP contribution in [0.3, 0.4) is 0 Å². The molecule has 0 saturated heterocycles. The van der Waals surface area contributed by atoms with Crippen molar-refractivity contribution in [3.63, 3.8) is 0 Å². The minimum atomic E-state index is -4.67. The molecule has 0 aliphatic heterocycles. The number of carbonyl (C=O) groups is 1. The molecule has 4 nitrogen and oxygen atoms in total. The van der Waals surface area contributed by atoms with E-state index in [1.54, 1.807) is 0 Å². The molecule has 1 heterocycles. The van der Waals surface area contributed by atoms with Crippen molar-refractivity contribution >= 4 is 5.97 Å². The summed E-state index contributed by atoms with van der Waals surface area (Å²) in [5, 5.41) is 8.14. The van der Waals surface area contributed by atoms with Gasteiger partial charge in [-0.2, -0.15) is 18.2 Å². The fourth-order valence-electron chi connectivity index (χ4n) is 0.502. The summed E-state index contributed by atoms with van der Waals surface area (Å²) in [5.41, 5.74) is -1.35. The first kappa shape index (κ1) is 8.57. The number of aromatic carboxylic acids is 1. The predicted octanol–water partition coefficient (Wildman–Crippen LogP) is 1.39. The van der Waals surface area contributed by atoms with Crippen LogP contribution in [0.15, 0.2) is 10.7 Å². The average molecular weight is 181 g/mol. The van der Waals surface area contributed by atoms with E-state index < -0.39 is 23.7 Å². The molecule has 0 spiro atoms. The first-order valence-electron chi connectivity index (χ1n) is 2.67. The van der Waals surface area contributed by atoms with E-state index in [-0.39, 0.29) is 6.26 Å². The Morgan fingerprint density at radius 1 is 1.58 bits per heavy atom. The van der Waals surface area contributed by atoms with E-state index in [0.29, 0.717) is 0 Å². The van der Waals surface area contributed by atoms with Crippen molar-refractivity contribution in [1.82, 2.24) is 4.98 Å². The molecule has 1 N–H and O–H groups in total. The minimum Gasteiger partial charge on any atom is -0.474 e. The van der Waals surface area contributed by atoms with Gasteiger partial charge in [-0.15, -0.1) is 0 Å². The van der Waals surface area contributed by atoms with Gasteiger partial charge in [-0.1, -0.05) is 0 Å². The van der Waals surface area contributed by atoms with Crippen molar-refractivity contribution in [3.05, 3.63) is 17.8 Å². The molecule has 0 amide bonds. The summed E-state index contributed by atoms with van der Waals surface area (Å²) < 4.78 is 39.3. The van der Waals surface area contributed by atoms with Gasteiger partial charge in [-0.25, -0.2) is 4.79 Å². The fraction of sp³-hybridized carbons (Fsp3) is 0.200. The number of aromatic nitrogens is 1. The largest absolute Gasteiger partial charge is 0.474 e. The molecular weight excluding hydrogens is 179 g/mol. The highest BCUT2D eigenvalue weighted by Gasteiger charge is 2.35. The number of hydrogen-bond acceptors (Lipinski definition) is 3. The highest BCUT2D eigenvalue weighted by molar-refractivity contribution is 5.82. The van der Waals surface area contributed by atoms with Gasteiger partial charge in [0.2, 0.25) is 0 Å². The van der Waals surface area contributed by atoms with Crippen LogP contribution in [0.5, 0.6) is 0 Å². The third-order valence-corrected chi connectivity index (χ3v) is 0.978. The molecule has 1 aromatic rings. The van der Waals surface area contributed by atoms with Crippen molar-refractivity contribution in [2.24, 2.45) is 0 Å². The van der Waals surface area contributed by atoms with Crippen molar-refractivity contribution < 1.29 is 27.5 Å². The smallest absolute Gasteiger partial charge is 0.436 e.